The van der Waals surface area contributed by atoms with Gasteiger partial charge in [0, 0.05) is 5.10 Å². The first-order valence-corrected chi connectivity index (χ1v) is 6.06. The molecule has 6 nitrogen and oxygen atoms in total. The van der Waals surface area contributed by atoms with Gasteiger partial charge in [-0.15, -0.1) is 9.77 Å². The van der Waals surface area contributed by atoms with Gasteiger partial charge in [-0.2, -0.15) is 0 Å². The van der Waals surface area contributed by atoms with Gasteiger partial charge in [0.25, 0.3) is 6.33 Å². The smallest absolute Gasteiger partial charge is 0.286 e. The summed E-state index contributed by atoms with van der Waals surface area (Å²) >= 11 is 6.01. The number of rotatable bonds is 2. The van der Waals surface area contributed by atoms with E-state index in [1.807, 2.05) is 0 Å². The number of H-pyrrole nitrogens is 1. The van der Waals surface area contributed by atoms with Crippen molar-refractivity contribution in [2.45, 2.75) is 0 Å². The van der Waals surface area contributed by atoms with E-state index in [2.05, 4.69) is 15.6 Å². The molecule has 0 aromatic carbocycles. The second-order valence-corrected chi connectivity index (χ2v) is 4.64. The maximum atomic E-state index is 12.4. The van der Waals surface area contributed by atoms with Gasteiger partial charge in [-0.1, -0.05) is 35.9 Å². The van der Waals surface area contributed by atoms with E-state index in [1.54, 1.807) is 24.3 Å². The quantitative estimate of drug-likeness (QED) is 0.757. The van der Waals surface area contributed by atoms with Gasteiger partial charge in [0.1, 0.15) is 10.7 Å². The Labute approximate surface area is 113 Å². The van der Waals surface area contributed by atoms with Crippen LogP contribution in [0.3, 0.4) is 0 Å². The molecule has 2 atom stereocenters. The summed E-state index contributed by atoms with van der Waals surface area (Å²) in [6, 6.07) is 0. The third kappa shape index (κ3) is 1.90. The summed E-state index contributed by atoms with van der Waals surface area (Å²) in [6.07, 6.45) is 9.86. The van der Waals surface area contributed by atoms with Gasteiger partial charge >= 0.3 is 0 Å². The zero-order chi connectivity index (χ0) is 13.4. The van der Waals surface area contributed by atoms with Crippen LogP contribution in [0.2, 0.25) is 0 Å². The summed E-state index contributed by atoms with van der Waals surface area (Å²) < 4.78 is 1.42. The molecule has 2 aliphatic rings. The van der Waals surface area contributed by atoms with E-state index in [9.17, 15) is 9.59 Å². The van der Waals surface area contributed by atoms with Crippen LogP contribution in [-0.4, -0.2) is 21.8 Å². The van der Waals surface area contributed by atoms with Crippen LogP contribution in [-0.2, 0) is 9.59 Å². The highest BCUT2D eigenvalue weighted by Gasteiger charge is 2.41. The standard InChI is InChI=1S/C12H9ClN4O2/c13-9-10(16-17-5-14-15-6-17)12(19)8-4-2-1-3-7(8)11(9)18/h1-8H,(H,16,18)/p+1. The van der Waals surface area contributed by atoms with Crippen LogP contribution in [0.25, 0.3) is 0 Å². The largest absolute Gasteiger partial charge is 0.292 e. The highest BCUT2D eigenvalue weighted by Crippen LogP contribution is 2.33. The molecule has 0 fully saturated rings. The third-order valence-corrected chi connectivity index (χ3v) is 3.49. The van der Waals surface area contributed by atoms with Gasteiger partial charge in [-0.05, 0) is 0 Å². The average molecular weight is 278 g/mol. The average Bonchev–Trinajstić information content (AvgIpc) is 2.94. The molecule has 2 N–H and O–H groups in total. The maximum Gasteiger partial charge on any atom is 0.286 e. The number of ketones is 2. The molecule has 0 aliphatic heterocycles. The molecule has 0 spiro atoms. The first kappa shape index (κ1) is 11.9. The van der Waals surface area contributed by atoms with Gasteiger partial charge in [-0.25, -0.2) is 5.43 Å². The van der Waals surface area contributed by atoms with Crippen LogP contribution >= 0.6 is 11.6 Å². The second kappa shape index (κ2) is 4.47. The van der Waals surface area contributed by atoms with Crippen molar-refractivity contribution in [3.8, 4) is 0 Å². The number of nitrogens with zero attached hydrogens (tertiary/aromatic N) is 2. The third-order valence-electron chi connectivity index (χ3n) is 3.12. The minimum atomic E-state index is -0.495. The fraction of sp³-hybridized carbons (Fsp3) is 0.167. The molecular weight excluding hydrogens is 268 g/mol. The molecule has 1 aromatic heterocycles. The number of fused-ring (bicyclic) bond motifs is 1. The Balaban J connectivity index is 2.00. The Bertz CT molecular complexity index is 630. The molecule has 0 amide bonds. The fourth-order valence-corrected chi connectivity index (χ4v) is 2.43. The lowest BCUT2D eigenvalue weighted by Crippen LogP contribution is -2.48. The monoisotopic (exact) mass is 277 g/mol. The fourth-order valence-electron chi connectivity index (χ4n) is 2.17. The van der Waals surface area contributed by atoms with E-state index < -0.39 is 11.8 Å². The van der Waals surface area contributed by atoms with Gasteiger partial charge in [0.05, 0.1) is 11.8 Å². The molecule has 3 rings (SSSR count). The molecule has 96 valence electrons. The van der Waals surface area contributed by atoms with Crippen molar-refractivity contribution in [3.05, 3.63) is 47.7 Å². The van der Waals surface area contributed by atoms with Crippen LogP contribution in [0.5, 0.6) is 0 Å². The molecule has 1 heterocycles. The van der Waals surface area contributed by atoms with E-state index in [4.69, 9.17) is 11.6 Å². The van der Waals surface area contributed by atoms with Crippen LogP contribution in [0.4, 0.5) is 0 Å². The molecule has 2 aliphatic carbocycles. The van der Waals surface area contributed by atoms with Crippen LogP contribution < -0.4 is 10.1 Å². The van der Waals surface area contributed by atoms with Crippen molar-refractivity contribution in [2.24, 2.45) is 11.8 Å². The molecular formula is C12H10ClN4O2+. The number of Topliss-reactive ketones (excluding diaryl/α,β-unsaturated/α-hetero) is 2. The lowest BCUT2D eigenvalue weighted by Gasteiger charge is -2.27. The number of aromatic nitrogens is 3. The summed E-state index contributed by atoms with van der Waals surface area (Å²) in [7, 11) is 0. The minimum Gasteiger partial charge on any atom is -0.292 e. The summed E-state index contributed by atoms with van der Waals surface area (Å²) in [4.78, 5) is 24.5. The Kier molecular flexibility index (Phi) is 2.79. The SMILES string of the molecule is O=C1C(Cl)=C(N[n+]2cn[nH]c2)C(=O)C2C=CC=CC12. The number of aromatic amines is 1. The predicted molar refractivity (Wildman–Crippen MR) is 66.3 cm³/mol. The van der Waals surface area contributed by atoms with Crippen molar-refractivity contribution in [1.82, 2.24) is 10.2 Å². The molecule has 7 heteroatoms. The predicted octanol–water partition coefficient (Wildman–Crippen LogP) is 0.201. The van der Waals surface area contributed by atoms with E-state index in [0.29, 0.717) is 0 Å². The zero-order valence-electron chi connectivity index (χ0n) is 9.71. The van der Waals surface area contributed by atoms with E-state index in [1.165, 1.54) is 17.3 Å². The number of carbonyl (C=O) groups excluding carboxylic acids is 2. The number of hydrogen-bond acceptors (Lipinski definition) is 4. The van der Waals surface area contributed by atoms with Gasteiger partial charge in [-0.3, -0.25) is 9.59 Å². The first-order valence-electron chi connectivity index (χ1n) is 5.69. The van der Waals surface area contributed by atoms with Crippen molar-refractivity contribution in [1.29, 1.82) is 0 Å². The molecule has 0 radical (unpaired) electrons. The zero-order valence-corrected chi connectivity index (χ0v) is 10.5. The van der Waals surface area contributed by atoms with Crippen molar-refractivity contribution in [3.63, 3.8) is 0 Å². The van der Waals surface area contributed by atoms with Crippen molar-refractivity contribution < 1.29 is 14.3 Å². The number of halogens is 1. The molecule has 1 aromatic rings. The van der Waals surface area contributed by atoms with Gasteiger partial charge in [0.2, 0.25) is 6.33 Å². The number of nitrogens with one attached hydrogen (secondary N) is 2. The van der Waals surface area contributed by atoms with E-state index >= 15 is 0 Å². The second-order valence-electron chi connectivity index (χ2n) is 4.26. The molecule has 19 heavy (non-hydrogen) atoms. The molecule has 0 bridgehead atoms. The molecule has 0 saturated heterocycles. The van der Waals surface area contributed by atoms with Crippen LogP contribution in [0.1, 0.15) is 0 Å². The topological polar surface area (TPSA) is 78.7 Å². The summed E-state index contributed by atoms with van der Waals surface area (Å²) in [5.41, 5.74) is 2.86. The van der Waals surface area contributed by atoms with Gasteiger partial charge < -0.3 is 0 Å². The van der Waals surface area contributed by atoms with Crippen LogP contribution in [0, 0.1) is 11.8 Å². The number of carbonyl (C=O) groups is 2. The number of allylic oxidation sites excluding steroid dienone is 6. The minimum absolute atomic E-state index is 0.0695. The summed E-state index contributed by atoms with van der Waals surface area (Å²) in [6.45, 7) is 0. The molecule has 0 saturated carbocycles. The number of hydrogen-bond donors (Lipinski definition) is 2. The maximum absolute atomic E-state index is 12.4. The summed E-state index contributed by atoms with van der Waals surface area (Å²) in [5.74, 6) is -1.44. The van der Waals surface area contributed by atoms with E-state index in [-0.39, 0.29) is 22.3 Å². The first-order chi connectivity index (χ1) is 9.18. The summed E-state index contributed by atoms with van der Waals surface area (Å²) in [5, 5.41) is 6.24. The highest BCUT2D eigenvalue weighted by molar-refractivity contribution is 6.46. The highest BCUT2D eigenvalue weighted by atomic mass is 35.5. The Morgan fingerprint density at radius 1 is 1.21 bits per heavy atom. The van der Waals surface area contributed by atoms with E-state index in [0.717, 1.165) is 0 Å². The normalized spacial score (nSPS) is 25.7. The Morgan fingerprint density at radius 3 is 2.53 bits per heavy atom. The van der Waals surface area contributed by atoms with Crippen LogP contribution in [0.15, 0.2) is 47.7 Å². The Hall–Kier alpha value is -2.21. The molecule has 2 unspecified atom stereocenters. The van der Waals surface area contributed by atoms with Gasteiger partial charge in [0.15, 0.2) is 11.6 Å². The lowest BCUT2D eigenvalue weighted by atomic mass is 9.77. The van der Waals surface area contributed by atoms with Crippen molar-refractivity contribution >= 4 is 23.2 Å². The lowest BCUT2D eigenvalue weighted by molar-refractivity contribution is -0.645. The Morgan fingerprint density at radius 2 is 1.89 bits per heavy atom. The van der Waals surface area contributed by atoms with Crippen molar-refractivity contribution in [2.75, 3.05) is 5.43 Å².